The van der Waals surface area contributed by atoms with Crippen LogP contribution in [0.4, 0.5) is 4.39 Å². The third-order valence-electron chi connectivity index (χ3n) is 4.76. The standard InChI is InChI=1S/C20H20FN3O/c21-17-6-4-16(5-7-17)20-3-1-2-12-24(20)14-18-13-19(23-25-18)15-8-10-22-11-9-15/h4-11,13,20H,1-3,12,14H2/t20-/m1/s1. The highest BCUT2D eigenvalue weighted by Gasteiger charge is 2.25. The Morgan fingerprint density at radius 3 is 2.68 bits per heavy atom. The molecule has 1 aromatic carbocycles. The average Bonchev–Trinajstić information content (AvgIpc) is 3.12. The van der Waals surface area contributed by atoms with E-state index in [1.54, 1.807) is 12.4 Å². The van der Waals surface area contributed by atoms with Crippen molar-refractivity contribution in [1.82, 2.24) is 15.0 Å². The number of nitrogens with zero attached hydrogens (tertiary/aromatic N) is 3. The maximum absolute atomic E-state index is 13.2. The lowest BCUT2D eigenvalue weighted by molar-refractivity contribution is 0.126. The number of aromatic nitrogens is 2. The lowest BCUT2D eigenvalue weighted by Gasteiger charge is -2.35. The Hall–Kier alpha value is -2.53. The van der Waals surface area contributed by atoms with Crippen LogP contribution in [0.3, 0.4) is 0 Å². The Morgan fingerprint density at radius 1 is 1.08 bits per heavy atom. The molecule has 0 aliphatic carbocycles. The van der Waals surface area contributed by atoms with Crippen molar-refractivity contribution in [3.05, 3.63) is 72.0 Å². The van der Waals surface area contributed by atoms with Gasteiger partial charge in [-0.15, -0.1) is 0 Å². The number of likely N-dealkylation sites (tertiary alicyclic amines) is 1. The number of piperidine rings is 1. The molecule has 1 fully saturated rings. The molecule has 0 radical (unpaired) electrons. The van der Waals surface area contributed by atoms with E-state index >= 15 is 0 Å². The molecular weight excluding hydrogens is 317 g/mol. The molecule has 4 nitrogen and oxygen atoms in total. The van der Waals surface area contributed by atoms with E-state index in [9.17, 15) is 4.39 Å². The van der Waals surface area contributed by atoms with Gasteiger partial charge in [-0.05, 0) is 49.2 Å². The third-order valence-corrected chi connectivity index (χ3v) is 4.76. The van der Waals surface area contributed by atoms with E-state index in [2.05, 4.69) is 15.0 Å². The van der Waals surface area contributed by atoms with Crippen LogP contribution >= 0.6 is 0 Å². The second-order valence-corrected chi connectivity index (χ2v) is 6.45. The van der Waals surface area contributed by atoms with Crippen molar-refractivity contribution in [2.45, 2.75) is 31.8 Å². The van der Waals surface area contributed by atoms with Crippen molar-refractivity contribution in [1.29, 1.82) is 0 Å². The summed E-state index contributed by atoms with van der Waals surface area (Å²) in [6.45, 7) is 1.72. The molecule has 1 aliphatic rings. The number of benzene rings is 1. The maximum Gasteiger partial charge on any atom is 0.151 e. The van der Waals surface area contributed by atoms with Crippen LogP contribution in [-0.4, -0.2) is 21.6 Å². The molecule has 4 rings (SSSR count). The summed E-state index contributed by atoms with van der Waals surface area (Å²) in [5.74, 6) is 0.657. The van der Waals surface area contributed by atoms with Crippen molar-refractivity contribution < 1.29 is 8.91 Å². The summed E-state index contributed by atoms with van der Waals surface area (Å²) in [6.07, 6.45) is 6.94. The number of pyridine rings is 1. The van der Waals surface area contributed by atoms with Crippen LogP contribution < -0.4 is 0 Å². The van der Waals surface area contributed by atoms with Gasteiger partial charge in [-0.1, -0.05) is 23.7 Å². The van der Waals surface area contributed by atoms with E-state index < -0.39 is 0 Å². The highest BCUT2D eigenvalue weighted by molar-refractivity contribution is 5.57. The SMILES string of the molecule is Fc1ccc([C@H]2CCCCN2Cc2cc(-c3ccncc3)no2)cc1. The van der Waals surface area contributed by atoms with Crippen LogP contribution in [0.25, 0.3) is 11.3 Å². The molecule has 3 heterocycles. The summed E-state index contributed by atoms with van der Waals surface area (Å²) in [7, 11) is 0. The van der Waals surface area contributed by atoms with Crippen molar-refractivity contribution >= 4 is 0 Å². The van der Waals surface area contributed by atoms with E-state index in [4.69, 9.17) is 4.52 Å². The fraction of sp³-hybridized carbons (Fsp3) is 0.300. The molecule has 0 spiro atoms. The smallest absolute Gasteiger partial charge is 0.151 e. The van der Waals surface area contributed by atoms with Crippen molar-refractivity contribution in [3.63, 3.8) is 0 Å². The topological polar surface area (TPSA) is 42.2 Å². The molecule has 0 unspecified atom stereocenters. The molecule has 1 atom stereocenters. The monoisotopic (exact) mass is 337 g/mol. The molecule has 1 aliphatic heterocycles. The summed E-state index contributed by atoms with van der Waals surface area (Å²) >= 11 is 0. The van der Waals surface area contributed by atoms with Crippen LogP contribution in [0, 0.1) is 5.82 Å². The van der Waals surface area contributed by atoms with Crippen molar-refractivity contribution in [3.8, 4) is 11.3 Å². The summed E-state index contributed by atoms with van der Waals surface area (Å²) < 4.78 is 18.8. The summed E-state index contributed by atoms with van der Waals surface area (Å²) in [4.78, 5) is 6.42. The first-order valence-corrected chi connectivity index (χ1v) is 8.65. The van der Waals surface area contributed by atoms with E-state index in [-0.39, 0.29) is 5.82 Å². The lowest BCUT2D eigenvalue weighted by atomic mass is 9.95. The molecule has 128 valence electrons. The quantitative estimate of drug-likeness (QED) is 0.697. The molecule has 0 N–H and O–H groups in total. The second kappa shape index (κ2) is 7.15. The zero-order valence-corrected chi connectivity index (χ0v) is 13.9. The number of hydrogen-bond acceptors (Lipinski definition) is 4. The summed E-state index contributed by atoms with van der Waals surface area (Å²) in [6, 6.07) is 13.0. The Balaban J connectivity index is 1.52. The number of hydrogen-bond donors (Lipinski definition) is 0. The van der Waals surface area contributed by atoms with Crippen LogP contribution in [0.1, 0.15) is 36.6 Å². The van der Waals surface area contributed by atoms with Gasteiger partial charge in [0.1, 0.15) is 11.5 Å². The molecule has 0 amide bonds. The fourth-order valence-electron chi connectivity index (χ4n) is 3.49. The van der Waals surface area contributed by atoms with Gasteiger partial charge in [0.15, 0.2) is 5.76 Å². The van der Waals surface area contributed by atoms with Gasteiger partial charge in [-0.25, -0.2) is 4.39 Å². The fourth-order valence-corrected chi connectivity index (χ4v) is 3.49. The molecule has 1 saturated heterocycles. The first-order chi connectivity index (χ1) is 12.3. The predicted molar refractivity (Wildman–Crippen MR) is 93.1 cm³/mol. The first-order valence-electron chi connectivity index (χ1n) is 8.65. The Kier molecular flexibility index (Phi) is 4.57. The largest absolute Gasteiger partial charge is 0.359 e. The van der Waals surface area contributed by atoms with Gasteiger partial charge in [0.05, 0.1) is 6.54 Å². The highest BCUT2D eigenvalue weighted by Crippen LogP contribution is 2.32. The second-order valence-electron chi connectivity index (χ2n) is 6.45. The predicted octanol–water partition coefficient (Wildman–Crippen LogP) is 4.60. The Morgan fingerprint density at radius 2 is 1.88 bits per heavy atom. The van der Waals surface area contributed by atoms with E-state index in [1.165, 1.54) is 25.0 Å². The van der Waals surface area contributed by atoms with Gasteiger partial charge in [0, 0.05) is 30.1 Å². The van der Waals surface area contributed by atoms with Crippen LogP contribution in [0.15, 0.2) is 59.4 Å². The maximum atomic E-state index is 13.2. The normalized spacial score (nSPS) is 18.4. The van der Waals surface area contributed by atoms with E-state index in [0.29, 0.717) is 12.6 Å². The minimum absolute atomic E-state index is 0.191. The van der Waals surface area contributed by atoms with E-state index in [1.807, 2.05) is 30.3 Å². The summed E-state index contributed by atoms with van der Waals surface area (Å²) in [5, 5.41) is 4.18. The van der Waals surface area contributed by atoms with Crippen LogP contribution in [0.5, 0.6) is 0 Å². The third kappa shape index (κ3) is 3.61. The van der Waals surface area contributed by atoms with Gasteiger partial charge < -0.3 is 4.52 Å². The van der Waals surface area contributed by atoms with E-state index in [0.717, 1.165) is 35.5 Å². The Bertz CT molecular complexity index is 816. The Labute approximate surface area is 146 Å². The zero-order chi connectivity index (χ0) is 17.1. The first kappa shape index (κ1) is 16.0. The average molecular weight is 337 g/mol. The lowest BCUT2D eigenvalue weighted by Crippen LogP contribution is -2.32. The molecule has 25 heavy (non-hydrogen) atoms. The minimum Gasteiger partial charge on any atom is -0.359 e. The zero-order valence-electron chi connectivity index (χ0n) is 13.9. The number of halogens is 1. The summed E-state index contributed by atoms with van der Waals surface area (Å²) in [5.41, 5.74) is 2.99. The van der Waals surface area contributed by atoms with Gasteiger partial charge in [0.25, 0.3) is 0 Å². The molecule has 3 aromatic rings. The van der Waals surface area contributed by atoms with Gasteiger partial charge in [0.2, 0.25) is 0 Å². The van der Waals surface area contributed by atoms with Crippen molar-refractivity contribution in [2.24, 2.45) is 0 Å². The van der Waals surface area contributed by atoms with Gasteiger partial charge in [-0.2, -0.15) is 0 Å². The molecular formula is C20H20FN3O. The molecule has 2 aromatic heterocycles. The highest BCUT2D eigenvalue weighted by atomic mass is 19.1. The van der Waals surface area contributed by atoms with Gasteiger partial charge >= 0.3 is 0 Å². The van der Waals surface area contributed by atoms with Crippen LogP contribution in [-0.2, 0) is 6.54 Å². The van der Waals surface area contributed by atoms with Gasteiger partial charge in [-0.3, -0.25) is 9.88 Å². The van der Waals surface area contributed by atoms with Crippen LogP contribution in [0.2, 0.25) is 0 Å². The van der Waals surface area contributed by atoms with Crippen molar-refractivity contribution in [2.75, 3.05) is 6.54 Å². The number of rotatable bonds is 4. The minimum atomic E-state index is -0.191. The molecule has 0 saturated carbocycles. The molecule has 5 heteroatoms. The molecule has 0 bridgehead atoms.